The van der Waals surface area contributed by atoms with Gasteiger partial charge in [0.1, 0.15) is 17.0 Å². The van der Waals surface area contributed by atoms with Crippen LogP contribution in [0.2, 0.25) is 5.15 Å². The molecule has 0 saturated carbocycles. The summed E-state index contributed by atoms with van der Waals surface area (Å²) in [5, 5.41) is 9.76. The number of nitrogens with zero attached hydrogens (tertiary/aromatic N) is 2. The van der Waals surface area contributed by atoms with Gasteiger partial charge in [-0.2, -0.15) is 5.10 Å². The van der Waals surface area contributed by atoms with Crippen molar-refractivity contribution in [2.45, 2.75) is 46.2 Å². The van der Waals surface area contributed by atoms with Gasteiger partial charge in [-0.1, -0.05) is 11.6 Å². The zero-order valence-corrected chi connectivity index (χ0v) is 16.1. The number of hydrogen-bond donors (Lipinski definition) is 2. The first-order chi connectivity index (χ1) is 12.0. The smallest absolute Gasteiger partial charge is 0.256 e. The third kappa shape index (κ3) is 4.60. The molecule has 2 amide bonds. The average Bonchev–Trinajstić information content (AvgIpc) is 2.81. The van der Waals surface area contributed by atoms with Gasteiger partial charge < -0.3 is 10.6 Å². The van der Waals surface area contributed by atoms with Gasteiger partial charge in [0, 0.05) is 5.54 Å². The molecule has 2 aromatic rings. The quantitative estimate of drug-likeness (QED) is 0.856. The maximum Gasteiger partial charge on any atom is 0.256 e. The van der Waals surface area contributed by atoms with Gasteiger partial charge in [0.15, 0.2) is 0 Å². The van der Waals surface area contributed by atoms with Crippen molar-refractivity contribution in [3.63, 3.8) is 0 Å². The fourth-order valence-corrected chi connectivity index (χ4v) is 2.68. The monoisotopic (exact) mass is 380 g/mol. The number of rotatable bonds is 4. The molecule has 26 heavy (non-hydrogen) atoms. The Hall–Kier alpha value is -2.41. The summed E-state index contributed by atoms with van der Waals surface area (Å²) < 4.78 is 14.4. The highest BCUT2D eigenvalue weighted by Crippen LogP contribution is 2.23. The molecule has 140 valence electrons. The van der Waals surface area contributed by atoms with E-state index in [2.05, 4.69) is 15.7 Å². The Bertz CT molecular complexity index is 825. The Morgan fingerprint density at radius 1 is 1.23 bits per heavy atom. The van der Waals surface area contributed by atoms with E-state index >= 15 is 0 Å². The van der Waals surface area contributed by atoms with Crippen LogP contribution in [0.25, 0.3) is 5.69 Å². The molecule has 0 radical (unpaired) electrons. The number of aryl methyl sites for hydroxylation is 1. The van der Waals surface area contributed by atoms with Crippen molar-refractivity contribution in [1.29, 1.82) is 0 Å². The number of nitrogens with one attached hydrogen (secondary N) is 2. The Kier molecular flexibility index (Phi) is 5.71. The van der Waals surface area contributed by atoms with E-state index < -0.39 is 17.5 Å². The third-order valence-electron chi connectivity index (χ3n) is 3.54. The molecule has 2 rings (SSSR count). The molecule has 0 fully saturated rings. The molecule has 2 N–H and O–H groups in total. The van der Waals surface area contributed by atoms with E-state index in [1.165, 1.54) is 28.9 Å². The second-order valence-electron chi connectivity index (χ2n) is 7.07. The zero-order chi connectivity index (χ0) is 19.6. The number of aromatic nitrogens is 2. The van der Waals surface area contributed by atoms with Crippen LogP contribution in [0.1, 0.15) is 43.7 Å². The van der Waals surface area contributed by atoms with Crippen LogP contribution in [-0.2, 0) is 4.79 Å². The Morgan fingerprint density at radius 3 is 2.35 bits per heavy atom. The Morgan fingerprint density at radius 2 is 1.81 bits per heavy atom. The molecule has 0 bridgehead atoms. The van der Waals surface area contributed by atoms with E-state index in [0.717, 1.165) is 0 Å². The summed E-state index contributed by atoms with van der Waals surface area (Å²) in [4.78, 5) is 24.7. The first-order valence-electron chi connectivity index (χ1n) is 8.13. The van der Waals surface area contributed by atoms with Crippen LogP contribution in [0, 0.1) is 12.7 Å². The van der Waals surface area contributed by atoms with Crippen molar-refractivity contribution in [2.75, 3.05) is 0 Å². The van der Waals surface area contributed by atoms with E-state index in [0.29, 0.717) is 11.4 Å². The lowest BCUT2D eigenvalue weighted by molar-refractivity contribution is -0.124. The molecule has 1 aromatic carbocycles. The molecule has 0 spiro atoms. The van der Waals surface area contributed by atoms with E-state index in [4.69, 9.17) is 11.6 Å². The van der Waals surface area contributed by atoms with E-state index in [1.807, 2.05) is 20.8 Å². The predicted octanol–water partition coefficient (Wildman–Crippen LogP) is 3.01. The van der Waals surface area contributed by atoms with Crippen LogP contribution in [-0.4, -0.2) is 33.2 Å². The summed E-state index contributed by atoms with van der Waals surface area (Å²) in [7, 11) is 0. The molecule has 0 aliphatic carbocycles. The van der Waals surface area contributed by atoms with Crippen molar-refractivity contribution in [3.8, 4) is 5.69 Å². The third-order valence-corrected chi connectivity index (χ3v) is 3.89. The number of carbonyl (C=O) groups excluding carboxylic acids is 2. The van der Waals surface area contributed by atoms with Crippen LogP contribution >= 0.6 is 11.6 Å². The Balaban J connectivity index is 2.22. The highest BCUT2D eigenvalue weighted by molar-refractivity contribution is 6.33. The van der Waals surface area contributed by atoms with Gasteiger partial charge in [-0.25, -0.2) is 9.07 Å². The van der Waals surface area contributed by atoms with Gasteiger partial charge in [-0.15, -0.1) is 0 Å². The average molecular weight is 381 g/mol. The first kappa shape index (κ1) is 19.9. The lowest BCUT2D eigenvalue weighted by atomic mass is 10.1. The van der Waals surface area contributed by atoms with E-state index in [1.54, 1.807) is 13.8 Å². The molecule has 8 heteroatoms. The second kappa shape index (κ2) is 7.45. The van der Waals surface area contributed by atoms with Crippen molar-refractivity contribution in [1.82, 2.24) is 20.4 Å². The van der Waals surface area contributed by atoms with Crippen molar-refractivity contribution in [3.05, 3.63) is 46.5 Å². The maximum absolute atomic E-state index is 13.1. The molecular weight excluding hydrogens is 359 g/mol. The second-order valence-corrected chi connectivity index (χ2v) is 7.43. The molecule has 0 aliphatic rings. The van der Waals surface area contributed by atoms with Gasteiger partial charge in [-0.05, 0) is 58.9 Å². The van der Waals surface area contributed by atoms with Gasteiger partial charge in [-0.3, -0.25) is 9.59 Å². The summed E-state index contributed by atoms with van der Waals surface area (Å²) in [5.41, 5.74) is 0.695. The standard InChI is InChI=1S/C18H22ClFN4O2/c1-10-14(17(26)21-11(2)16(25)22-18(3,4)5)15(19)24(23-10)13-8-6-12(20)7-9-13/h6-9,11H,1-5H3,(H,21,26)(H,22,25). The number of halogens is 2. The van der Waals surface area contributed by atoms with Gasteiger partial charge in [0.25, 0.3) is 5.91 Å². The molecule has 1 unspecified atom stereocenters. The molecule has 1 aromatic heterocycles. The molecule has 1 atom stereocenters. The predicted molar refractivity (Wildman–Crippen MR) is 98.1 cm³/mol. The zero-order valence-electron chi connectivity index (χ0n) is 15.4. The summed E-state index contributed by atoms with van der Waals surface area (Å²) >= 11 is 6.31. The van der Waals surface area contributed by atoms with Crippen molar-refractivity contribution in [2.24, 2.45) is 0 Å². The SMILES string of the molecule is Cc1nn(-c2ccc(F)cc2)c(Cl)c1C(=O)NC(C)C(=O)NC(C)(C)C. The highest BCUT2D eigenvalue weighted by atomic mass is 35.5. The minimum absolute atomic E-state index is 0.0926. The Labute approximate surface area is 156 Å². The summed E-state index contributed by atoms with van der Waals surface area (Å²) in [6.07, 6.45) is 0. The number of benzene rings is 1. The van der Waals surface area contributed by atoms with E-state index in [9.17, 15) is 14.0 Å². The van der Waals surface area contributed by atoms with Gasteiger partial charge in [0.05, 0.1) is 16.9 Å². The largest absolute Gasteiger partial charge is 0.350 e. The van der Waals surface area contributed by atoms with Crippen LogP contribution in [0.5, 0.6) is 0 Å². The number of amides is 2. The summed E-state index contributed by atoms with van der Waals surface area (Å²) in [6.45, 7) is 8.79. The summed E-state index contributed by atoms with van der Waals surface area (Å²) in [5.74, 6) is -1.19. The van der Waals surface area contributed by atoms with Gasteiger partial charge >= 0.3 is 0 Å². The fourth-order valence-electron chi connectivity index (χ4n) is 2.32. The van der Waals surface area contributed by atoms with E-state index in [-0.39, 0.29) is 22.4 Å². The van der Waals surface area contributed by atoms with Crippen LogP contribution in [0.4, 0.5) is 4.39 Å². The maximum atomic E-state index is 13.1. The normalized spacial score (nSPS) is 12.6. The number of carbonyl (C=O) groups is 2. The lowest BCUT2D eigenvalue weighted by Gasteiger charge is -2.23. The van der Waals surface area contributed by atoms with Crippen molar-refractivity contribution < 1.29 is 14.0 Å². The minimum atomic E-state index is -0.744. The fraction of sp³-hybridized carbons (Fsp3) is 0.389. The molecular formula is C18H22ClFN4O2. The van der Waals surface area contributed by atoms with Crippen molar-refractivity contribution >= 4 is 23.4 Å². The van der Waals surface area contributed by atoms with Crippen LogP contribution in [0.15, 0.2) is 24.3 Å². The molecule has 6 nitrogen and oxygen atoms in total. The molecule has 0 saturated heterocycles. The lowest BCUT2D eigenvalue weighted by Crippen LogP contribution is -2.50. The molecule has 0 aliphatic heterocycles. The first-order valence-corrected chi connectivity index (χ1v) is 8.51. The summed E-state index contributed by atoms with van der Waals surface area (Å²) in [6, 6.07) is 4.83. The van der Waals surface area contributed by atoms with Gasteiger partial charge in [0.2, 0.25) is 5.91 Å². The topological polar surface area (TPSA) is 76.0 Å². The van der Waals surface area contributed by atoms with Crippen LogP contribution in [0.3, 0.4) is 0 Å². The highest BCUT2D eigenvalue weighted by Gasteiger charge is 2.25. The molecule has 1 heterocycles. The van der Waals surface area contributed by atoms with Crippen LogP contribution < -0.4 is 10.6 Å². The number of hydrogen-bond acceptors (Lipinski definition) is 3. The minimum Gasteiger partial charge on any atom is -0.350 e.